The predicted molar refractivity (Wildman–Crippen MR) is 128 cm³/mol. The molecule has 3 N–H and O–H groups in total. The van der Waals surface area contributed by atoms with Gasteiger partial charge in [-0.15, -0.1) is 0 Å². The van der Waals surface area contributed by atoms with Crippen LogP contribution in [0.25, 0.3) is 22.0 Å². The highest BCUT2D eigenvalue weighted by molar-refractivity contribution is 5.86. The summed E-state index contributed by atoms with van der Waals surface area (Å²) in [6.07, 6.45) is 1.10. The second-order valence-electron chi connectivity index (χ2n) is 8.29. The van der Waals surface area contributed by atoms with E-state index in [2.05, 4.69) is 22.4 Å². The van der Waals surface area contributed by atoms with Crippen molar-refractivity contribution in [1.29, 1.82) is 0 Å². The van der Waals surface area contributed by atoms with E-state index in [1.54, 1.807) is 13.3 Å². The van der Waals surface area contributed by atoms with Gasteiger partial charge in [-0.25, -0.2) is 9.59 Å². The number of carbonyl (C=O) groups excluding carboxylic acids is 1. The minimum Gasteiger partial charge on any atom is -0.497 e. The van der Waals surface area contributed by atoms with Gasteiger partial charge in [0.25, 0.3) is 0 Å². The Morgan fingerprint density at radius 2 is 1.71 bits per heavy atom. The smallest absolute Gasteiger partial charge is 0.407 e. The van der Waals surface area contributed by atoms with Gasteiger partial charge in [-0.05, 0) is 46.0 Å². The number of rotatable bonds is 7. The van der Waals surface area contributed by atoms with Crippen LogP contribution in [0.4, 0.5) is 4.79 Å². The van der Waals surface area contributed by atoms with Gasteiger partial charge in [0.15, 0.2) is 0 Å². The maximum absolute atomic E-state index is 12.6. The topological polar surface area (TPSA) is 101 Å². The average Bonchev–Trinajstić information content (AvgIpc) is 3.40. The van der Waals surface area contributed by atoms with Crippen molar-refractivity contribution in [3.63, 3.8) is 0 Å². The Morgan fingerprint density at radius 1 is 1.03 bits per heavy atom. The zero-order valence-electron chi connectivity index (χ0n) is 18.6. The lowest BCUT2D eigenvalue weighted by Crippen LogP contribution is -2.42. The van der Waals surface area contributed by atoms with Gasteiger partial charge in [0, 0.05) is 29.4 Å². The summed E-state index contributed by atoms with van der Waals surface area (Å²) >= 11 is 0. The van der Waals surface area contributed by atoms with Crippen molar-refractivity contribution < 1.29 is 24.2 Å². The fourth-order valence-corrected chi connectivity index (χ4v) is 4.66. The molecule has 1 aliphatic rings. The number of carboxylic acids is 1. The summed E-state index contributed by atoms with van der Waals surface area (Å²) in [5.41, 5.74) is 6.08. The number of hydrogen-bond donors (Lipinski definition) is 3. The van der Waals surface area contributed by atoms with Gasteiger partial charge in [0.2, 0.25) is 0 Å². The molecule has 7 heteroatoms. The number of aromatic amines is 1. The highest BCUT2D eigenvalue weighted by Gasteiger charge is 2.30. The van der Waals surface area contributed by atoms with E-state index in [9.17, 15) is 14.7 Å². The first-order valence-corrected chi connectivity index (χ1v) is 11.0. The van der Waals surface area contributed by atoms with Crippen LogP contribution in [0.1, 0.15) is 22.6 Å². The molecule has 0 spiro atoms. The van der Waals surface area contributed by atoms with E-state index < -0.39 is 18.1 Å². The summed E-state index contributed by atoms with van der Waals surface area (Å²) in [6.45, 7) is 0.122. The summed E-state index contributed by atoms with van der Waals surface area (Å²) < 4.78 is 10.8. The van der Waals surface area contributed by atoms with Crippen LogP contribution in [0, 0.1) is 0 Å². The second kappa shape index (κ2) is 8.94. The molecule has 0 aliphatic heterocycles. The normalized spacial score (nSPS) is 13.2. The van der Waals surface area contributed by atoms with E-state index in [-0.39, 0.29) is 18.9 Å². The Kier molecular flexibility index (Phi) is 5.67. The third-order valence-corrected chi connectivity index (χ3v) is 6.33. The molecule has 7 nitrogen and oxygen atoms in total. The van der Waals surface area contributed by atoms with Gasteiger partial charge in [0.05, 0.1) is 7.11 Å². The number of ether oxygens (including phenoxy) is 2. The minimum atomic E-state index is -1.14. The molecule has 1 aromatic heterocycles. The van der Waals surface area contributed by atoms with Crippen LogP contribution >= 0.6 is 0 Å². The molecule has 172 valence electrons. The minimum absolute atomic E-state index is 0.0949. The summed E-state index contributed by atoms with van der Waals surface area (Å²) in [5, 5.41) is 13.1. The molecule has 0 fully saturated rings. The Bertz CT molecular complexity index is 1330. The highest BCUT2D eigenvalue weighted by atomic mass is 16.5. The standard InChI is InChI=1S/C27H24N2O5/c1-33-17-10-11-24-22(13-17)16(14-28-24)12-25(26(30)31)29-27(32)34-15-23-20-8-4-2-6-18(20)19-7-3-5-9-21(19)23/h2-11,13-14,23,25,28H,12,15H2,1H3,(H,29,32)(H,30,31). The lowest BCUT2D eigenvalue weighted by molar-refractivity contribution is -0.139. The van der Waals surface area contributed by atoms with E-state index in [0.29, 0.717) is 5.75 Å². The molecule has 1 unspecified atom stereocenters. The Hall–Kier alpha value is -4.26. The number of hydrogen-bond acceptors (Lipinski definition) is 4. The van der Waals surface area contributed by atoms with Crippen LogP contribution in [0.5, 0.6) is 5.75 Å². The van der Waals surface area contributed by atoms with Crippen LogP contribution in [0.15, 0.2) is 72.9 Å². The van der Waals surface area contributed by atoms with E-state index in [4.69, 9.17) is 9.47 Å². The highest BCUT2D eigenvalue weighted by Crippen LogP contribution is 2.44. The number of amides is 1. The predicted octanol–water partition coefficient (Wildman–Crippen LogP) is 4.71. The molecule has 1 atom stereocenters. The first-order chi connectivity index (χ1) is 16.5. The zero-order valence-corrected chi connectivity index (χ0v) is 18.6. The van der Waals surface area contributed by atoms with Gasteiger partial charge in [-0.2, -0.15) is 0 Å². The Morgan fingerprint density at radius 3 is 2.35 bits per heavy atom. The zero-order chi connectivity index (χ0) is 23.7. The molecule has 0 saturated carbocycles. The van der Waals surface area contributed by atoms with Crippen molar-refractivity contribution in [2.24, 2.45) is 0 Å². The lowest BCUT2D eigenvalue weighted by atomic mass is 9.98. The van der Waals surface area contributed by atoms with Gasteiger partial charge >= 0.3 is 12.1 Å². The van der Waals surface area contributed by atoms with Crippen molar-refractivity contribution in [2.75, 3.05) is 13.7 Å². The molecular formula is C27H24N2O5. The molecule has 34 heavy (non-hydrogen) atoms. The molecule has 1 aliphatic carbocycles. The van der Waals surface area contributed by atoms with Crippen LogP contribution in [-0.4, -0.2) is 41.9 Å². The van der Waals surface area contributed by atoms with E-state index in [0.717, 1.165) is 38.7 Å². The monoisotopic (exact) mass is 456 g/mol. The molecule has 3 aromatic carbocycles. The number of nitrogens with one attached hydrogen (secondary N) is 2. The summed E-state index contributed by atoms with van der Waals surface area (Å²) in [5.74, 6) is -0.557. The van der Waals surface area contributed by atoms with E-state index >= 15 is 0 Å². The van der Waals surface area contributed by atoms with Crippen molar-refractivity contribution in [3.05, 3.63) is 89.6 Å². The molecule has 5 rings (SSSR count). The number of benzene rings is 3. The number of alkyl carbamates (subject to hydrolysis) is 1. The van der Waals surface area contributed by atoms with Gasteiger partial charge < -0.3 is 24.9 Å². The van der Waals surface area contributed by atoms with Gasteiger partial charge in [0.1, 0.15) is 18.4 Å². The molecular weight excluding hydrogens is 432 g/mol. The number of aromatic nitrogens is 1. The quantitative estimate of drug-likeness (QED) is 0.374. The summed E-state index contributed by atoms with van der Waals surface area (Å²) in [4.78, 5) is 27.6. The van der Waals surface area contributed by atoms with Crippen LogP contribution in [-0.2, 0) is 16.0 Å². The molecule has 0 saturated heterocycles. The maximum Gasteiger partial charge on any atom is 0.407 e. The molecule has 4 aromatic rings. The molecule has 1 heterocycles. The van der Waals surface area contributed by atoms with Crippen LogP contribution in [0.3, 0.4) is 0 Å². The number of H-pyrrole nitrogens is 1. The first-order valence-electron chi connectivity index (χ1n) is 11.0. The molecule has 0 bridgehead atoms. The largest absolute Gasteiger partial charge is 0.497 e. The SMILES string of the molecule is COc1ccc2[nH]cc(CC(NC(=O)OCC3c4ccccc4-c4ccccc43)C(=O)O)c2c1. The molecule has 0 radical (unpaired) electrons. The first kappa shape index (κ1) is 21.6. The third-order valence-electron chi connectivity index (χ3n) is 6.33. The fraction of sp³-hybridized carbons (Fsp3) is 0.185. The lowest BCUT2D eigenvalue weighted by Gasteiger charge is -2.17. The number of methoxy groups -OCH3 is 1. The fourth-order valence-electron chi connectivity index (χ4n) is 4.66. The van der Waals surface area contributed by atoms with Crippen molar-refractivity contribution in [3.8, 4) is 16.9 Å². The van der Waals surface area contributed by atoms with Crippen LogP contribution < -0.4 is 10.1 Å². The summed E-state index contributed by atoms with van der Waals surface area (Å²) in [7, 11) is 1.58. The van der Waals surface area contributed by atoms with Crippen LogP contribution in [0.2, 0.25) is 0 Å². The van der Waals surface area contributed by atoms with Crippen molar-refractivity contribution in [2.45, 2.75) is 18.4 Å². The number of carboxylic acid groups (broad SMARTS) is 1. The van der Waals surface area contributed by atoms with Crippen molar-refractivity contribution >= 4 is 23.0 Å². The van der Waals surface area contributed by atoms with Gasteiger partial charge in [-0.3, -0.25) is 0 Å². The number of carbonyl (C=O) groups is 2. The summed E-state index contributed by atoms with van der Waals surface area (Å²) in [6, 6.07) is 20.5. The Balaban J connectivity index is 1.29. The third kappa shape index (κ3) is 3.96. The molecule has 1 amide bonds. The van der Waals surface area contributed by atoms with Crippen molar-refractivity contribution in [1.82, 2.24) is 10.3 Å². The number of fused-ring (bicyclic) bond motifs is 4. The second-order valence-corrected chi connectivity index (χ2v) is 8.29. The average molecular weight is 456 g/mol. The maximum atomic E-state index is 12.6. The van der Waals surface area contributed by atoms with Gasteiger partial charge in [-0.1, -0.05) is 48.5 Å². The van der Waals surface area contributed by atoms with E-state index in [1.165, 1.54) is 0 Å². The number of aliphatic carboxylic acids is 1. The Labute approximate surface area is 196 Å². The van der Waals surface area contributed by atoms with E-state index in [1.807, 2.05) is 54.6 Å².